The van der Waals surface area contributed by atoms with Crippen molar-refractivity contribution in [2.24, 2.45) is 0 Å². The minimum atomic E-state index is -0.501. The number of carbonyl (C=O) groups excluding carboxylic acids is 1. The first kappa shape index (κ1) is 22.4. The second-order valence-corrected chi connectivity index (χ2v) is 8.90. The van der Waals surface area contributed by atoms with Crippen LogP contribution in [0.1, 0.15) is 37.3 Å². The number of rotatable bonds is 6. The SMILES string of the molecule is COc1cccc(C2NC(=O)N(CC3CCCO3)C(C)=C2c2nc(-c3ccc4c(c3)OCO4)no2)c1. The number of fused-ring (bicyclic) bond motifs is 1. The lowest BCUT2D eigenvalue weighted by Crippen LogP contribution is -2.48. The molecule has 2 unspecified atom stereocenters. The van der Waals surface area contributed by atoms with Crippen LogP contribution in [0.5, 0.6) is 17.2 Å². The molecule has 36 heavy (non-hydrogen) atoms. The third kappa shape index (κ3) is 4.03. The topological polar surface area (TPSA) is 108 Å². The Morgan fingerprint density at radius 3 is 2.89 bits per heavy atom. The van der Waals surface area contributed by atoms with Gasteiger partial charge in [-0.05, 0) is 55.7 Å². The highest BCUT2D eigenvalue weighted by molar-refractivity contribution is 5.87. The smallest absolute Gasteiger partial charge is 0.322 e. The Morgan fingerprint density at radius 1 is 1.17 bits per heavy atom. The van der Waals surface area contributed by atoms with Crippen molar-refractivity contribution in [3.8, 4) is 28.6 Å². The zero-order chi connectivity index (χ0) is 24.6. The first-order valence-electron chi connectivity index (χ1n) is 11.9. The first-order valence-corrected chi connectivity index (χ1v) is 11.9. The van der Waals surface area contributed by atoms with Crippen molar-refractivity contribution in [2.45, 2.75) is 31.9 Å². The van der Waals surface area contributed by atoms with E-state index in [1.165, 1.54) is 0 Å². The van der Waals surface area contributed by atoms with Crippen LogP contribution in [-0.4, -0.2) is 54.2 Å². The Balaban J connectivity index is 1.41. The lowest BCUT2D eigenvalue weighted by molar-refractivity contribution is 0.0877. The van der Waals surface area contributed by atoms with Gasteiger partial charge in [-0.1, -0.05) is 17.3 Å². The molecule has 0 spiro atoms. The van der Waals surface area contributed by atoms with Gasteiger partial charge in [0.25, 0.3) is 5.89 Å². The number of nitrogens with one attached hydrogen (secondary N) is 1. The zero-order valence-corrected chi connectivity index (χ0v) is 20.0. The number of urea groups is 1. The Morgan fingerprint density at radius 2 is 2.06 bits per heavy atom. The number of allylic oxidation sites excluding steroid dienone is 1. The van der Waals surface area contributed by atoms with Crippen molar-refractivity contribution in [3.63, 3.8) is 0 Å². The highest BCUT2D eigenvalue weighted by Gasteiger charge is 2.37. The van der Waals surface area contributed by atoms with E-state index in [0.29, 0.717) is 42.1 Å². The van der Waals surface area contributed by atoms with Crippen molar-refractivity contribution >= 4 is 11.6 Å². The molecule has 2 amide bonds. The summed E-state index contributed by atoms with van der Waals surface area (Å²) in [4.78, 5) is 19.7. The third-order valence-electron chi connectivity index (χ3n) is 6.72. The van der Waals surface area contributed by atoms with Crippen LogP contribution in [-0.2, 0) is 4.74 Å². The average molecular weight is 491 g/mol. The summed E-state index contributed by atoms with van der Waals surface area (Å²) >= 11 is 0. The molecule has 6 rings (SSSR count). The van der Waals surface area contributed by atoms with Crippen LogP contribution < -0.4 is 19.5 Å². The maximum absolute atomic E-state index is 13.2. The van der Waals surface area contributed by atoms with E-state index in [1.54, 1.807) is 12.0 Å². The summed E-state index contributed by atoms with van der Waals surface area (Å²) in [6.07, 6.45) is 1.90. The number of ether oxygens (including phenoxy) is 4. The van der Waals surface area contributed by atoms with Crippen LogP contribution in [0, 0.1) is 0 Å². The van der Waals surface area contributed by atoms with Gasteiger partial charge in [-0.15, -0.1) is 0 Å². The standard InChI is InChI=1S/C26H26N4O6/c1-15-22(25-28-24(29-36-25)17-8-9-20-21(12-17)35-14-34-20)23(16-5-3-6-18(11-16)32-2)27-26(31)30(15)13-19-7-4-10-33-19/h3,5-6,8-9,11-12,19,23H,4,7,10,13-14H2,1-2H3,(H,27,31). The molecule has 1 saturated heterocycles. The van der Waals surface area contributed by atoms with E-state index < -0.39 is 6.04 Å². The summed E-state index contributed by atoms with van der Waals surface area (Å²) in [7, 11) is 1.61. The Hall–Kier alpha value is -4.05. The summed E-state index contributed by atoms with van der Waals surface area (Å²) in [5, 5.41) is 7.36. The Kier molecular flexibility index (Phi) is 5.73. The fourth-order valence-electron chi connectivity index (χ4n) is 4.83. The largest absolute Gasteiger partial charge is 0.497 e. The maximum atomic E-state index is 13.2. The molecule has 2 aromatic carbocycles. The molecule has 4 heterocycles. The van der Waals surface area contributed by atoms with Gasteiger partial charge in [0, 0.05) is 17.9 Å². The van der Waals surface area contributed by atoms with Gasteiger partial charge in [0.1, 0.15) is 5.75 Å². The monoisotopic (exact) mass is 490 g/mol. The molecule has 0 saturated carbocycles. The average Bonchev–Trinajstić information content (AvgIpc) is 3.68. The molecule has 3 aliphatic rings. The number of amides is 2. The van der Waals surface area contributed by atoms with Crippen LogP contribution in [0.2, 0.25) is 0 Å². The number of benzene rings is 2. The second kappa shape index (κ2) is 9.19. The number of hydrogen-bond acceptors (Lipinski definition) is 8. The molecule has 0 radical (unpaired) electrons. The van der Waals surface area contributed by atoms with Crippen LogP contribution in [0.25, 0.3) is 17.0 Å². The lowest BCUT2D eigenvalue weighted by Gasteiger charge is -2.36. The summed E-state index contributed by atoms with van der Waals surface area (Å²) in [6.45, 7) is 3.26. The Labute approximate surface area is 207 Å². The van der Waals surface area contributed by atoms with Crippen LogP contribution in [0.15, 0.2) is 52.7 Å². The molecule has 3 aliphatic heterocycles. The zero-order valence-electron chi connectivity index (χ0n) is 20.0. The minimum Gasteiger partial charge on any atom is -0.497 e. The van der Waals surface area contributed by atoms with Gasteiger partial charge >= 0.3 is 6.03 Å². The van der Waals surface area contributed by atoms with Crippen LogP contribution in [0.4, 0.5) is 4.79 Å². The van der Waals surface area contributed by atoms with Crippen LogP contribution >= 0.6 is 0 Å². The van der Waals surface area contributed by atoms with E-state index in [1.807, 2.05) is 49.4 Å². The summed E-state index contributed by atoms with van der Waals surface area (Å²) < 4.78 is 27.9. The van der Waals surface area contributed by atoms with E-state index in [2.05, 4.69) is 10.5 Å². The van der Waals surface area contributed by atoms with Gasteiger partial charge in [-0.2, -0.15) is 4.98 Å². The predicted octanol–water partition coefficient (Wildman–Crippen LogP) is 4.15. The van der Waals surface area contributed by atoms with Gasteiger partial charge in [-0.25, -0.2) is 4.79 Å². The molecule has 1 N–H and O–H groups in total. The minimum absolute atomic E-state index is 0.00722. The highest BCUT2D eigenvalue weighted by Crippen LogP contribution is 2.40. The number of carbonyl (C=O) groups is 1. The van der Waals surface area contributed by atoms with E-state index in [0.717, 1.165) is 35.2 Å². The van der Waals surface area contributed by atoms with E-state index in [9.17, 15) is 4.79 Å². The molecule has 0 bridgehead atoms. The molecule has 1 aromatic heterocycles. The van der Waals surface area contributed by atoms with Crippen molar-refractivity contribution in [1.82, 2.24) is 20.4 Å². The summed E-state index contributed by atoms with van der Waals surface area (Å²) in [5.74, 6) is 2.74. The molecule has 0 aliphatic carbocycles. The van der Waals surface area contributed by atoms with Gasteiger partial charge in [-0.3, -0.25) is 4.90 Å². The summed E-state index contributed by atoms with van der Waals surface area (Å²) in [6, 6.07) is 12.4. The quantitative estimate of drug-likeness (QED) is 0.549. The number of aromatic nitrogens is 2. The molecule has 10 heteroatoms. The maximum Gasteiger partial charge on any atom is 0.322 e. The fraction of sp³-hybridized carbons (Fsp3) is 0.346. The van der Waals surface area contributed by atoms with Gasteiger partial charge in [0.15, 0.2) is 11.5 Å². The van der Waals surface area contributed by atoms with E-state index in [4.69, 9.17) is 28.5 Å². The molecule has 2 atom stereocenters. The van der Waals surface area contributed by atoms with E-state index in [-0.39, 0.29) is 18.9 Å². The predicted molar refractivity (Wildman–Crippen MR) is 128 cm³/mol. The van der Waals surface area contributed by atoms with Gasteiger partial charge in [0.05, 0.1) is 31.4 Å². The number of hydrogen-bond donors (Lipinski definition) is 1. The molecule has 1 fully saturated rings. The Bertz CT molecular complexity index is 1330. The van der Waals surface area contributed by atoms with Crippen molar-refractivity contribution < 1.29 is 28.3 Å². The van der Waals surface area contributed by atoms with Crippen molar-refractivity contribution in [2.75, 3.05) is 27.1 Å². The van der Waals surface area contributed by atoms with Crippen molar-refractivity contribution in [3.05, 3.63) is 59.6 Å². The second-order valence-electron chi connectivity index (χ2n) is 8.90. The molecular formula is C26H26N4O6. The fourth-order valence-corrected chi connectivity index (χ4v) is 4.83. The van der Waals surface area contributed by atoms with Gasteiger partial charge < -0.3 is 28.8 Å². The van der Waals surface area contributed by atoms with Crippen molar-refractivity contribution in [1.29, 1.82) is 0 Å². The number of methoxy groups -OCH3 is 1. The normalized spacial score (nSPS) is 21.2. The highest BCUT2D eigenvalue weighted by atomic mass is 16.7. The van der Waals surface area contributed by atoms with Crippen LogP contribution in [0.3, 0.4) is 0 Å². The molecule has 186 valence electrons. The molecule has 3 aromatic rings. The summed E-state index contributed by atoms with van der Waals surface area (Å²) in [5.41, 5.74) is 3.04. The third-order valence-corrected chi connectivity index (χ3v) is 6.72. The van der Waals surface area contributed by atoms with Gasteiger partial charge in [0.2, 0.25) is 12.6 Å². The van der Waals surface area contributed by atoms with E-state index >= 15 is 0 Å². The molecule has 10 nitrogen and oxygen atoms in total. The first-order chi connectivity index (χ1) is 17.6. The number of nitrogens with zero attached hydrogens (tertiary/aromatic N) is 3. The molecular weight excluding hydrogens is 464 g/mol. The lowest BCUT2D eigenvalue weighted by atomic mass is 9.94.